The molecule has 0 bridgehead atoms. The second-order valence-electron chi connectivity index (χ2n) is 3.91. The lowest BCUT2D eigenvalue weighted by molar-refractivity contribution is 0.445. The van der Waals surface area contributed by atoms with Crippen molar-refractivity contribution in [1.82, 2.24) is 5.43 Å². The zero-order valence-corrected chi connectivity index (χ0v) is 9.76. The molecule has 1 rings (SSSR count). The van der Waals surface area contributed by atoms with Crippen LogP contribution in [0.3, 0.4) is 0 Å². The van der Waals surface area contributed by atoms with Crippen molar-refractivity contribution >= 4 is 0 Å². The van der Waals surface area contributed by atoms with Gasteiger partial charge in [-0.25, -0.2) is 8.78 Å². The minimum absolute atomic E-state index is 0.00970. The highest BCUT2D eigenvalue weighted by molar-refractivity contribution is 5.29. The van der Waals surface area contributed by atoms with E-state index in [1.165, 1.54) is 12.1 Å². The average molecular weight is 238 g/mol. The predicted octanol–water partition coefficient (Wildman–Crippen LogP) is 2.58. The van der Waals surface area contributed by atoms with Crippen molar-refractivity contribution in [2.24, 2.45) is 5.84 Å². The van der Waals surface area contributed by atoms with Crippen LogP contribution in [0.25, 0.3) is 0 Å². The highest BCUT2D eigenvalue weighted by atomic mass is 19.1. The van der Waals surface area contributed by atoms with Crippen molar-refractivity contribution in [1.29, 1.82) is 0 Å². The number of unbranched alkanes of at least 4 members (excludes halogenated alkanes) is 1. The van der Waals surface area contributed by atoms with E-state index in [-0.39, 0.29) is 5.56 Å². The number of halogens is 2. The Labute approximate surface area is 100 Å². The maximum absolute atomic E-state index is 13.8. The van der Waals surface area contributed by atoms with E-state index in [9.17, 15) is 8.78 Å². The molecule has 0 aromatic heterocycles. The van der Waals surface area contributed by atoms with Crippen molar-refractivity contribution in [3.05, 3.63) is 34.9 Å². The van der Waals surface area contributed by atoms with Crippen LogP contribution >= 0.6 is 0 Å². The molecule has 1 atom stereocenters. The molecule has 0 radical (unpaired) electrons. The molecule has 1 aromatic rings. The molecule has 0 aliphatic rings. The van der Waals surface area contributed by atoms with Gasteiger partial charge in [-0.1, -0.05) is 6.07 Å². The van der Waals surface area contributed by atoms with Gasteiger partial charge in [-0.2, -0.15) is 0 Å². The number of benzene rings is 1. The summed E-state index contributed by atoms with van der Waals surface area (Å²) in [4.78, 5) is 0. The molecule has 1 unspecified atom stereocenters. The molecule has 0 aliphatic carbocycles. The Morgan fingerprint density at radius 2 is 2.18 bits per heavy atom. The standard InChI is InChI=1S/C13H16F2N2/c1-3-4-5-6-11(17-16)12-10(14)8-7-9(2)13(12)15/h1,7-8,11,17H,4-6,16H2,2H3. The fraction of sp³-hybridized carbons (Fsp3) is 0.385. The van der Waals surface area contributed by atoms with Crippen molar-refractivity contribution in [3.63, 3.8) is 0 Å². The molecule has 0 spiro atoms. The van der Waals surface area contributed by atoms with Crippen LogP contribution in [-0.2, 0) is 0 Å². The van der Waals surface area contributed by atoms with E-state index < -0.39 is 17.7 Å². The van der Waals surface area contributed by atoms with Crippen molar-refractivity contribution in [2.45, 2.75) is 32.2 Å². The van der Waals surface area contributed by atoms with Crippen LogP contribution in [-0.4, -0.2) is 0 Å². The number of aryl methyl sites for hydroxylation is 1. The summed E-state index contributed by atoms with van der Waals surface area (Å²) >= 11 is 0. The Morgan fingerprint density at radius 1 is 1.47 bits per heavy atom. The van der Waals surface area contributed by atoms with E-state index in [0.29, 0.717) is 24.8 Å². The van der Waals surface area contributed by atoms with Gasteiger partial charge in [0.1, 0.15) is 11.6 Å². The third kappa shape index (κ3) is 3.26. The van der Waals surface area contributed by atoms with Gasteiger partial charge >= 0.3 is 0 Å². The minimum atomic E-state index is -0.586. The molecule has 0 saturated heterocycles. The summed E-state index contributed by atoms with van der Waals surface area (Å²) in [5.41, 5.74) is 2.83. The summed E-state index contributed by atoms with van der Waals surface area (Å²) in [6.45, 7) is 1.59. The van der Waals surface area contributed by atoms with Gasteiger partial charge in [0, 0.05) is 12.0 Å². The molecule has 1 aromatic carbocycles. The maximum Gasteiger partial charge on any atom is 0.133 e. The highest BCUT2D eigenvalue weighted by Crippen LogP contribution is 2.26. The van der Waals surface area contributed by atoms with Crippen LogP contribution in [0, 0.1) is 30.9 Å². The van der Waals surface area contributed by atoms with E-state index in [2.05, 4.69) is 11.3 Å². The number of nitrogens with two attached hydrogens (primary N) is 1. The molecular weight excluding hydrogens is 222 g/mol. The third-order valence-corrected chi connectivity index (χ3v) is 2.68. The fourth-order valence-corrected chi connectivity index (χ4v) is 1.72. The van der Waals surface area contributed by atoms with E-state index in [4.69, 9.17) is 12.3 Å². The Morgan fingerprint density at radius 3 is 2.76 bits per heavy atom. The molecule has 0 amide bonds. The van der Waals surface area contributed by atoms with Gasteiger partial charge in [0.05, 0.1) is 6.04 Å². The summed E-state index contributed by atoms with van der Waals surface area (Å²) in [6, 6.07) is 2.10. The zero-order valence-electron chi connectivity index (χ0n) is 9.76. The van der Waals surface area contributed by atoms with Crippen LogP contribution in [0.1, 0.15) is 36.4 Å². The van der Waals surface area contributed by atoms with Crippen LogP contribution < -0.4 is 11.3 Å². The third-order valence-electron chi connectivity index (χ3n) is 2.68. The second-order valence-corrected chi connectivity index (χ2v) is 3.91. The van der Waals surface area contributed by atoms with Gasteiger partial charge in [-0.3, -0.25) is 11.3 Å². The van der Waals surface area contributed by atoms with Gasteiger partial charge in [0.25, 0.3) is 0 Å². The first-order chi connectivity index (χ1) is 8.11. The maximum atomic E-state index is 13.8. The fourth-order valence-electron chi connectivity index (χ4n) is 1.72. The molecule has 0 saturated carbocycles. The predicted molar refractivity (Wildman–Crippen MR) is 63.8 cm³/mol. The molecule has 92 valence electrons. The topological polar surface area (TPSA) is 38.0 Å². The lowest BCUT2D eigenvalue weighted by atomic mass is 9.98. The average Bonchev–Trinajstić information content (AvgIpc) is 2.32. The number of rotatable bonds is 5. The molecule has 0 heterocycles. The van der Waals surface area contributed by atoms with Gasteiger partial charge in [0.2, 0.25) is 0 Å². The van der Waals surface area contributed by atoms with Gasteiger partial charge in [-0.05, 0) is 31.4 Å². The largest absolute Gasteiger partial charge is 0.271 e. The van der Waals surface area contributed by atoms with E-state index in [0.717, 1.165) is 0 Å². The normalized spacial score (nSPS) is 12.2. The van der Waals surface area contributed by atoms with Crippen molar-refractivity contribution in [2.75, 3.05) is 0 Å². The van der Waals surface area contributed by atoms with E-state index in [1.54, 1.807) is 6.92 Å². The molecule has 0 aliphatic heterocycles. The smallest absolute Gasteiger partial charge is 0.133 e. The quantitative estimate of drug-likeness (QED) is 0.358. The number of hydrogen-bond acceptors (Lipinski definition) is 2. The first-order valence-electron chi connectivity index (χ1n) is 5.46. The lowest BCUT2D eigenvalue weighted by Crippen LogP contribution is -2.29. The summed E-state index contributed by atoms with van der Waals surface area (Å²) in [7, 11) is 0. The lowest BCUT2D eigenvalue weighted by Gasteiger charge is -2.18. The molecule has 3 N–H and O–H groups in total. The van der Waals surface area contributed by atoms with Crippen LogP contribution in [0.15, 0.2) is 12.1 Å². The van der Waals surface area contributed by atoms with Gasteiger partial charge < -0.3 is 0 Å². The Balaban J connectivity index is 2.95. The summed E-state index contributed by atoms with van der Waals surface area (Å²) < 4.78 is 27.4. The van der Waals surface area contributed by atoms with Crippen LogP contribution in [0.4, 0.5) is 8.78 Å². The molecule has 2 nitrogen and oxygen atoms in total. The SMILES string of the molecule is C#CCCCC(NN)c1c(F)ccc(C)c1F. The molecule has 0 fully saturated rings. The Hall–Kier alpha value is -1.44. The zero-order chi connectivity index (χ0) is 12.8. The molecule has 4 heteroatoms. The molecule has 17 heavy (non-hydrogen) atoms. The Kier molecular flexibility index (Phi) is 5.08. The summed E-state index contributed by atoms with van der Waals surface area (Å²) in [5, 5.41) is 0. The van der Waals surface area contributed by atoms with Crippen LogP contribution in [0.2, 0.25) is 0 Å². The summed E-state index contributed by atoms with van der Waals surface area (Å²) in [5.74, 6) is 6.69. The summed E-state index contributed by atoms with van der Waals surface area (Å²) in [6.07, 6.45) is 6.85. The number of terminal acetylenes is 1. The van der Waals surface area contributed by atoms with Crippen molar-refractivity contribution < 1.29 is 8.78 Å². The first kappa shape index (κ1) is 13.6. The van der Waals surface area contributed by atoms with Crippen LogP contribution in [0.5, 0.6) is 0 Å². The highest BCUT2D eigenvalue weighted by Gasteiger charge is 2.20. The minimum Gasteiger partial charge on any atom is -0.271 e. The van der Waals surface area contributed by atoms with E-state index >= 15 is 0 Å². The number of hydrazine groups is 1. The van der Waals surface area contributed by atoms with Gasteiger partial charge in [-0.15, -0.1) is 12.3 Å². The number of hydrogen-bond donors (Lipinski definition) is 2. The number of nitrogens with one attached hydrogen (secondary N) is 1. The van der Waals surface area contributed by atoms with Gasteiger partial charge in [0.15, 0.2) is 0 Å². The van der Waals surface area contributed by atoms with Crippen molar-refractivity contribution in [3.8, 4) is 12.3 Å². The second kappa shape index (κ2) is 6.33. The molecular formula is C13H16F2N2. The Bertz CT molecular complexity index is 424. The first-order valence-corrected chi connectivity index (χ1v) is 5.46. The van der Waals surface area contributed by atoms with E-state index in [1.807, 2.05) is 0 Å². The monoisotopic (exact) mass is 238 g/mol.